The zero-order chi connectivity index (χ0) is 11.3. The van der Waals surface area contributed by atoms with E-state index in [4.69, 9.17) is 11.5 Å². The van der Waals surface area contributed by atoms with Crippen molar-refractivity contribution < 1.29 is 9.59 Å². The summed E-state index contributed by atoms with van der Waals surface area (Å²) in [6.07, 6.45) is 1.73. The highest BCUT2D eigenvalue weighted by Gasteiger charge is 2.03. The monoisotopic (exact) mass is 211 g/mol. The highest BCUT2D eigenvalue weighted by atomic mass is 16.2. The fraction of sp³-hybridized carbons (Fsp3) is 0.375. The molecule has 2 amide bonds. The summed E-state index contributed by atoms with van der Waals surface area (Å²) in [6, 6.07) is 1.59. The topological polar surface area (TPSA) is 116 Å². The summed E-state index contributed by atoms with van der Waals surface area (Å²) >= 11 is 0. The number of hydrogen-bond acceptors (Lipinski definition) is 4. The van der Waals surface area contributed by atoms with E-state index in [-0.39, 0.29) is 25.4 Å². The van der Waals surface area contributed by atoms with E-state index in [1.54, 1.807) is 12.3 Å². The van der Waals surface area contributed by atoms with E-state index < -0.39 is 5.91 Å². The quantitative estimate of drug-likeness (QED) is 0.547. The van der Waals surface area contributed by atoms with Gasteiger partial charge in [0.2, 0.25) is 11.8 Å². The minimum atomic E-state index is -0.446. The summed E-state index contributed by atoms with van der Waals surface area (Å²) in [6.45, 7) is 0.320. The second kappa shape index (κ2) is 4.99. The molecule has 1 heterocycles. The zero-order valence-corrected chi connectivity index (χ0v) is 8.14. The maximum Gasteiger partial charge on any atom is 0.241 e. The van der Waals surface area contributed by atoms with Crippen LogP contribution in [0, 0.1) is 0 Å². The first-order valence-electron chi connectivity index (χ1n) is 4.42. The highest BCUT2D eigenvalue weighted by Crippen LogP contribution is 1.94. The van der Waals surface area contributed by atoms with Gasteiger partial charge in [0.1, 0.15) is 12.4 Å². The average molecular weight is 211 g/mol. The third-order valence-corrected chi connectivity index (χ3v) is 1.66. The molecule has 1 rings (SSSR count). The van der Waals surface area contributed by atoms with Crippen LogP contribution in [-0.4, -0.2) is 28.1 Å². The van der Waals surface area contributed by atoms with Gasteiger partial charge in [-0.3, -0.25) is 14.3 Å². The summed E-state index contributed by atoms with van der Waals surface area (Å²) in [5, 5.41) is 6.37. The summed E-state index contributed by atoms with van der Waals surface area (Å²) < 4.78 is 1.41. The smallest absolute Gasteiger partial charge is 0.241 e. The largest absolute Gasteiger partial charge is 0.382 e. The molecule has 1 aromatic rings. The Morgan fingerprint density at radius 2 is 2.27 bits per heavy atom. The number of anilines is 1. The van der Waals surface area contributed by atoms with Crippen molar-refractivity contribution in [3.8, 4) is 0 Å². The van der Waals surface area contributed by atoms with Gasteiger partial charge >= 0.3 is 0 Å². The first-order chi connectivity index (χ1) is 7.08. The number of carbonyl (C=O) groups is 2. The number of nitrogen functional groups attached to an aromatic ring is 1. The van der Waals surface area contributed by atoms with Gasteiger partial charge in [-0.25, -0.2) is 0 Å². The van der Waals surface area contributed by atoms with E-state index in [0.29, 0.717) is 5.82 Å². The Hall–Kier alpha value is -2.05. The number of carbonyl (C=O) groups excluding carboxylic acids is 2. The second-order valence-corrected chi connectivity index (χ2v) is 3.00. The van der Waals surface area contributed by atoms with Crippen molar-refractivity contribution >= 4 is 17.6 Å². The molecule has 0 saturated carbocycles. The molecule has 0 saturated heterocycles. The van der Waals surface area contributed by atoms with Crippen LogP contribution in [-0.2, 0) is 16.1 Å². The molecule has 5 N–H and O–H groups in total. The number of rotatable bonds is 5. The molecule has 15 heavy (non-hydrogen) atoms. The molecule has 0 aliphatic heterocycles. The van der Waals surface area contributed by atoms with E-state index in [0.717, 1.165) is 0 Å². The lowest BCUT2D eigenvalue weighted by Gasteiger charge is -2.03. The van der Waals surface area contributed by atoms with Crippen LogP contribution in [0.4, 0.5) is 5.82 Å². The van der Waals surface area contributed by atoms with E-state index >= 15 is 0 Å². The SMILES string of the molecule is NC(=O)CCNC(=O)Cn1ccc(N)n1. The molecule has 7 nitrogen and oxygen atoms in total. The number of aromatic nitrogens is 2. The van der Waals surface area contributed by atoms with Crippen molar-refractivity contribution in [2.75, 3.05) is 12.3 Å². The fourth-order valence-corrected chi connectivity index (χ4v) is 0.994. The van der Waals surface area contributed by atoms with Gasteiger partial charge in [0.15, 0.2) is 0 Å². The molecule has 0 aromatic carbocycles. The van der Waals surface area contributed by atoms with E-state index in [1.165, 1.54) is 4.68 Å². The van der Waals surface area contributed by atoms with E-state index in [2.05, 4.69) is 10.4 Å². The summed E-state index contributed by atoms with van der Waals surface area (Å²) in [5.41, 5.74) is 10.3. The lowest BCUT2D eigenvalue weighted by molar-refractivity contribution is -0.122. The summed E-state index contributed by atoms with van der Waals surface area (Å²) in [4.78, 5) is 21.6. The van der Waals surface area contributed by atoms with Crippen LogP contribution in [0.25, 0.3) is 0 Å². The van der Waals surface area contributed by atoms with E-state index in [9.17, 15) is 9.59 Å². The van der Waals surface area contributed by atoms with Crippen molar-refractivity contribution in [1.82, 2.24) is 15.1 Å². The van der Waals surface area contributed by atoms with Crippen LogP contribution < -0.4 is 16.8 Å². The van der Waals surface area contributed by atoms with Gasteiger partial charge in [0.25, 0.3) is 0 Å². The van der Waals surface area contributed by atoms with Crippen LogP contribution >= 0.6 is 0 Å². The summed E-state index contributed by atoms with van der Waals surface area (Å²) in [5.74, 6) is -0.321. The lowest BCUT2D eigenvalue weighted by Crippen LogP contribution is -2.30. The Balaban J connectivity index is 2.27. The van der Waals surface area contributed by atoms with Gasteiger partial charge in [-0.15, -0.1) is 0 Å². The van der Waals surface area contributed by atoms with Crippen LogP contribution in [0.5, 0.6) is 0 Å². The van der Waals surface area contributed by atoms with Gasteiger partial charge in [-0.05, 0) is 6.07 Å². The van der Waals surface area contributed by atoms with Gasteiger partial charge in [-0.1, -0.05) is 0 Å². The number of primary amides is 1. The predicted molar refractivity (Wildman–Crippen MR) is 53.5 cm³/mol. The molecule has 0 aliphatic carbocycles. The van der Waals surface area contributed by atoms with Crippen LogP contribution in [0.2, 0.25) is 0 Å². The van der Waals surface area contributed by atoms with Gasteiger partial charge in [0, 0.05) is 19.2 Å². The summed E-state index contributed by atoms with van der Waals surface area (Å²) in [7, 11) is 0. The average Bonchev–Trinajstić information content (AvgIpc) is 2.50. The third kappa shape index (κ3) is 4.12. The van der Waals surface area contributed by atoms with Gasteiger partial charge in [0.05, 0.1) is 0 Å². The minimum Gasteiger partial charge on any atom is -0.382 e. The maximum absolute atomic E-state index is 11.2. The van der Waals surface area contributed by atoms with E-state index in [1.807, 2.05) is 0 Å². The first-order valence-corrected chi connectivity index (χ1v) is 4.42. The Kier molecular flexibility index (Phi) is 3.67. The first kappa shape index (κ1) is 11.0. The second-order valence-electron chi connectivity index (χ2n) is 3.00. The van der Waals surface area contributed by atoms with Crippen LogP contribution in [0.3, 0.4) is 0 Å². The number of nitrogens with two attached hydrogens (primary N) is 2. The molecular weight excluding hydrogens is 198 g/mol. The molecule has 0 unspecified atom stereocenters. The van der Waals surface area contributed by atoms with Crippen molar-refractivity contribution in [1.29, 1.82) is 0 Å². The van der Waals surface area contributed by atoms with Crippen molar-refractivity contribution in [2.24, 2.45) is 5.73 Å². The van der Waals surface area contributed by atoms with Gasteiger partial charge in [-0.2, -0.15) is 5.10 Å². The molecule has 0 atom stereocenters. The maximum atomic E-state index is 11.2. The predicted octanol–water partition coefficient (Wildman–Crippen LogP) is -1.54. The molecule has 0 bridgehead atoms. The molecule has 0 aliphatic rings. The van der Waals surface area contributed by atoms with Crippen molar-refractivity contribution in [2.45, 2.75) is 13.0 Å². The Morgan fingerprint density at radius 1 is 1.53 bits per heavy atom. The lowest BCUT2D eigenvalue weighted by atomic mass is 10.4. The Morgan fingerprint density at radius 3 is 2.80 bits per heavy atom. The molecule has 0 fully saturated rings. The van der Waals surface area contributed by atoms with Crippen molar-refractivity contribution in [3.63, 3.8) is 0 Å². The number of nitrogens with zero attached hydrogens (tertiary/aromatic N) is 2. The standard InChI is InChI=1S/C8H13N5O2/c9-6-2-4-13(12-6)5-8(15)11-3-1-7(10)14/h2,4H,1,3,5H2,(H2,9,12)(H2,10,14)(H,11,15). The minimum absolute atomic E-state index is 0.0793. The van der Waals surface area contributed by atoms with Gasteiger partial charge < -0.3 is 16.8 Å². The number of hydrogen-bond donors (Lipinski definition) is 3. The van der Waals surface area contributed by atoms with Crippen LogP contribution in [0.15, 0.2) is 12.3 Å². The Labute approximate surface area is 86.4 Å². The molecule has 82 valence electrons. The third-order valence-electron chi connectivity index (χ3n) is 1.66. The van der Waals surface area contributed by atoms with Crippen molar-refractivity contribution in [3.05, 3.63) is 12.3 Å². The zero-order valence-electron chi connectivity index (χ0n) is 8.14. The fourth-order valence-electron chi connectivity index (χ4n) is 0.994. The molecular formula is C8H13N5O2. The number of amides is 2. The molecule has 7 heteroatoms. The van der Waals surface area contributed by atoms with Crippen LogP contribution in [0.1, 0.15) is 6.42 Å². The Bertz CT molecular complexity index is 360. The molecule has 0 radical (unpaired) electrons. The normalized spacial score (nSPS) is 9.87. The highest BCUT2D eigenvalue weighted by molar-refractivity contribution is 5.77. The molecule has 0 spiro atoms. The number of nitrogens with one attached hydrogen (secondary N) is 1. The molecule has 1 aromatic heterocycles.